The van der Waals surface area contributed by atoms with Crippen molar-refractivity contribution in [1.29, 1.82) is 5.26 Å². The second-order valence-corrected chi connectivity index (χ2v) is 7.65. The molecular formula is C23H27N7O2. The lowest BCUT2D eigenvalue weighted by Crippen LogP contribution is -2.48. The number of benzene rings is 1. The zero-order valence-electron chi connectivity index (χ0n) is 18.2. The molecule has 1 aromatic carbocycles. The third-order valence-electron chi connectivity index (χ3n) is 5.62. The molecule has 0 aliphatic carbocycles. The Bertz CT molecular complexity index is 1010. The van der Waals surface area contributed by atoms with Crippen molar-refractivity contribution in [3.05, 3.63) is 48.1 Å². The molecule has 0 atom stereocenters. The van der Waals surface area contributed by atoms with E-state index >= 15 is 0 Å². The number of allylic oxidation sites excluding steroid dienone is 1. The summed E-state index contributed by atoms with van der Waals surface area (Å²) in [5, 5.41) is 16.0. The van der Waals surface area contributed by atoms with Crippen LogP contribution in [0.1, 0.15) is 25.5 Å². The highest BCUT2D eigenvalue weighted by molar-refractivity contribution is 5.81. The van der Waals surface area contributed by atoms with Crippen molar-refractivity contribution < 1.29 is 9.53 Å². The topological polar surface area (TPSA) is 106 Å². The fourth-order valence-corrected chi connectivity index (χ4v) is 3.75. The number of piperazine rings is 1. The molecule has 1 saturated heterocycles. The number of carbonyl (C=O) groups excluding carboxylic acids is 1. The van der Waals surface area contributed by atoms with Crippen LogP contribution in [0.5, 0.6) is 5.75 Å². The molecule has 32 heavy (non-hydrogen) atoms. The number of nitriles is 1. The number of carbonyl (C=O) groups is 1. The molecule has 1 amide bonds. The number of aromatic nitrogens is 2. The highest BCUT2D eigenvalue weighted by Gasteiger charge is 2.22. The van der Waals surface area contributed by atoms with Gasteiger partial charge in [-0.05, 0) is 31.2 Å². The van der Waals surface area contributed by atoms with Gasteiger partial charge in [-0.2, -0.15) is 5.26 Å². The van der Waals surface area contributed by atoms with Gasteiger partial charge in [0.05, 0.1) is 11.4 Å². The number of ether oxygens (including phenoxy) is 1. The SMILES string of the molecule is CCN1CCN(C(=O)CCCNc2nccc(C(C#N)=C3Nc4ccccc4O3)n2)CC1. The molecule has 3 heterocycles. The number of fused-ring (bicyclic) bond motifs is 1. The van der Waals surface area contributed by atoms with Crippen LogP contribution in [0, 0.1) is 11.3 Å². The summed E-state index contributed by atoms with van der Waals surface area (Å²) in [6, 6.07) is 11.3. The van der Waals surface area contributed by atoms with Crippen molar-refractivity contribution in [1.82, 2.24) is 19.8 Å². The van der Waals surface area contributed by atoms with E-state index in [1.807, 2.05) is 29.2 Å². The van der Waals surface area contributed by atoms with E-state index in [0.717, 1.165) is 38.4 Å². The lowest BCUT2D eigenvalue weighted by molar-refractivity contribution is -0.132. The van der Waals surface area contributed by atoms with Crippen molar-refractivity contribution >= 4 is 23.1 Å². The van der Waals surface area contributed by atoms with Gasteiger partial charge in [-0.3, -0.25) is 4.79 Å². The number of hydrogen-bond acceptors (Lipinski definition) is 8. The number of amides is 1. The Morgan fingerprint density at radius 3 is 2.81 bits per heavy atom. The first-order valence-corrected chi connectivity index (χ1v) is 10.9. The van der Waals surface area contributed by atoms with Crippen LogP contribution in [-0.4, -0.2) is 64.9 Å². The highest BCUT2D eigenvalue weighted by atomic mass is 16.5. The van der Waals surface area contributed by atoms with Gasteiger partial charge in [0.25, 0.3) is 0 Å². The maximum Gasteiger partial charge on any atom is 0.223 e. The van der Waals surface area contributed by atoms with Crippen molar-refractivity contribution in [2.24, 2.45) is 0 Å². The van der Waals surface area contributed by atoms with Gasteiger partial charge in [0.1, 0.15) is 11.6 Å². The summed E-state index contributed by atoms with van der Waals surface area (Å²) < 4.78 is 5.77. The Kier molecular flexibility index (Phi) is 6.82. The fourth-order valence-electron chi connectivity index (χ4n) is 3.75. The molecule has 0 unspecified atom stereocenters. The first-order chi connectivity index (χ1) is 15.7. The fraction of sp³-hybridized carbons (Fsp3) is 0.391. The van der Waals surface area contributed by atoms with E-state index in [4.69, 9.17) is 4.74 Å². The molecule has 2 N–H and O–H groups in total. The van der Waals surface area contributed by atoms with Crippen LogP contribution < -0.4 is 15.4 Å². The largest absolute Gasteiger partial charge is 0.437 e. The zero-order chi connectivity index (χ0) is 22.3. The summed E-state index contributed by atoms with van der Waals surface area (Å²) in [7, 11) is 0. The number of likely N-dealkylation sites (N-methyl/N-ethyl adjacent to an activating group) is 1. The average Bonchev–Trinajstić information content (AvgIpc) is 3.26. The number of nitrogens with one attached hydrogen (secondary N) is 2. The third-order valence-corrected chi connectivity index (χ3v) is 5.62. The van der Waals surface area contributed by atoms with E-state index in [-0.39, 0.29) is 5.91 Å². The van der Waals surface area contributed by atoms with E-state index in [0.29, 0.717) is 48.2 Å². The molecule has 0 saturated carbocycles. The standard InChI is InChI=1S/C23H27N7O2/c1-2-29-12-14-30(15-13-29)21(31)8-5-10-25-23-26-11-9-18(28-23)17(16-24)22-27-19-6-3-4-7-20(19)32-22/h3-4,6-7,9,11,27H,2,5,8,10,12-15H2,1H3,(H,25,26,28). The normalized spacial score (nSPS) is 17.1. The van der Waals surface area contributed by atoms with Crippen molar-refractivity contribution in [3.8, 4) is 11.8 Å². The second kappa shape index (κ2) is 10.1. The predicted molar refractivity (Wildman–Crippen MR) is 122 cm³/mol. The molecule has 2 aliphatic rings. The quantitative estimate of drug-likeness (QED) is 0.507. The maximum absolute atomic E-state index is 12.4. The number of rotatable bonds is 7. The van der Waals surface area contributed by atoms with Gasteiger partial charge in [-0.1, -0.05) is 19.1 Å². The summed E-state index contributed by atoms with van der Waals surface area (Å²) in [5.41, 5.74) is 1.57. The van der Waals surface area contributed by atoms with Crippen LogP contribution in [0.2, 0.25) is 0 Å². The van der Waals surface area contributed by atoms with Crippen molar-refractivity contribution in [2.45, 2.75) is 19.8 Å². The predicted octanol–water partition coefficient (Wildman–Crippen LogP) is 2.53. The van der Waals surface area contributed by atoms with E-state index in [1.54, 1.807) is 12.3 Å². The van der Waals surface area contributed by atoms with Gasteiger partial charge < -0.3 is 25.2 Å². The molecular weight excluding hydrogens is 406 g/mol. The average molecular weight is 434 g/mol. The molecule has 2 aliphatic heterocycles. The Hall–Kier alpha value is -3.64. The molecule has 0 spiro atoms. The summed E-state index contributed by atoms with van der Waals surface area (Å²) in [6.45, 7) is 7.25. The molecule has 166 valence electrons. The summed E-state index contributed by atoms with van der Waals surface area (Å²) in [5.74, 6) is 1.63. The molecule has 1 fully saturated rings. The van der Waals surface area contributed by atoms with Crippen LogP contribution in [-0.2, 0) is 4.79 Å². The number of anilines is 2. The maximum atomic E-state index is 12.4. The summed E-state index contributed by atoms with van der Waals surface area (Å²) in [6.07, 6.45) is 2.78. The zero-order valence-corrected chi connectivity index (χ0v) is 18.2. The Morgan fingerprint density at radius 2 is 2.06 bits per heavy atom. The smallest absolute Gasteiger partial charge is 0.223 e. The molecule has 4 rings (SSSR count). The van der Waals surface area contributed by atoms with E-state index in [1.165, 1.54) is 0 Å². The molecule has 9 heteroatoms. The Labute approximate surface area is 187 Å². The van der Waals surface area contributed by atoms with Gasteiger partial charge in [-0.15, -0.1) is 0 Å². The monoisotopic (exact) mass is 433 g/mol. The summed E-state index contributed by atoms with van der Waals surface area (Å²) >= 11 is 0. The van der Waals surface area contributed by atoms with Crippen LogP contribution in [0.15, 0.2) is 42.4 Å². The van der Waals surface area contributed by atoms with Crippen LogP contribution >= 0.6 is 0 Å². The van der Waals surface area contributed by atoms with Crippen LogP contribution in [0.4, 0.5) is 11.6 Å². The first kappa shape index (κ1) is 21.6. The lowest BCUT2D eigenvalue weighted by Gasteiger charge is -2.34. The third kappa shape index (κ3) is 4.98. The van der Waals surface area contributed by atoms with Crippen LogP contribution in [0.25, 0.3) is 5.57 Å². The van der Waals surface area contributed by atoms with Crippen molar-refractivity contribution in [2.75, 3.05) is 49.9 Å². The molecule has 0 radical (unpaired) electrons. The van der Waals surface area contributed by atoms with Crippen LogP contribution in [0.3, 0.4) is 0 Å². The molecule has 9 nitrogen and oxygen atoms in total. The summed E-state index contributed by atoms with van der Waals surface area (Å²) in [4.78, 5) is 25.4. The van der Waals surface area contributed by atoms with Gasteiger partial charge in [-0.25, -0.2) is 9.97 Å². The first-order valence-electron chi connectivity index (χ1n) is 10.9. The van der Waals surface area contributed by atoms with Gasteiger partial charge >= 0.3 is 0 Å². The van der Waals surface area contributed by atoms with E-state index in [9.17, 15) is 10.1 Å². The number of nitrogens with zero attached hydrogens (tertiary/aromatic N) is 5. The van der Waals surface area contributed by atoms with E-state index < -0.39 is 0 Å². The highest BCUT2D eigenvalue weighted by Crippen LogP contribution is 2.35. The number of para-hydroxylation sites is 2. The van der Waals surface area contributed by atoms with Gasteiger partial charge in [0, 0.05) is 45.3 Å². The van der Waals surface area contributed by atoms with E-state index in [2.05, 4.69) is 38.5 Å². The Balaban J connectivity index is 1.30. The lowest BCUT2D eigenvalue weighted by atomic mass is 10.2. The van der Waals surface area contributed by atoms with Crippen molar-refractivity contribution in [3.63, 3.8) is 0 Å². The minimum atomic E-state index is 0.192. The minimum Gasteiger partial charge on any atom is -0.437 e. The molecule has 2 aromatic rings. The molecule has 0 bridgehead atoms. The molecule has 1 aromatic heterocycles. The minimum absolute atomic E-state index is 0.192. The van der Waals surface area contributed by atoms with Gasteiger partial charge in [0.15, 0.2) is 5.75 Å². The Morgan fingerprint density at radius 1 is 1.25 bits per heavy atom. The number of hydrogen-bond donors (Lipinski definition) is 2. The van der Waals surface area contributed by atoms with Gasteiger partial charge in [0.2, 0.25) is 17.7 Å². The second-order valence-electron chi connectivity index (χ2n) is 7.65.